The Morgan fingerprint density at radius 1 is 0.862 bits per heavy atom. The highest BCUT2D eigenvalue weighted by atomic mass is 15.2. The van der Waals surface area contributed by atoms with E-state index in [0.29, 0.717) is 6.54 Å². The van der Waals surface area contributed by atoms with E-state index >= 15 is 0 Å². The van der Waals surface area contributed by atoms with Gasteiger partial charge in [-0.1, -0.05) is 30.3 Å². The molecular formula is C23H20N6. The molecule has 0 saturated heterocycles. The Bertz CT molecular complexity index is 1280. The van der Waals surface area contributed by atoms with Crippen LogP contribution < -0.4 is 11.1 Å². The number of para-hydroxylation sites is 1. The molecule has 0 radical (unpaired) electrons. The average molecular weight is 380 g/mol. The van der Waals surface area contributed by atoms with Crippen LogP contribution in [0.1, 0.15) is 0 Å². The molecule has 6 nitrogen and oxygen atoms in total. The lowest BCUT2D eigenvalue weighted by Crippen LogP contribution is -2.12. The summed E-state index contributed by atoms with van der Waals surface area (Å²) in [7, 11) is 0. The van der Waals surface area contributed by atoms with Gasteiger partial charge in [-0.05, 0) is 35.4 Å². The quantitative estimate of drug-likeness (QED) is 0.482. The molecule has 0 aliphatic rings. The fourth-order valence-electron chi connectivity index (χ4n) is 3.54. The molecule has 0 unspecified atom stereocenters. The van der Waals surface area contributed by atoms with E-state index in [1.807, 2.05) is 65.7 Å². The molecule has 3 heterocycles. The van der Waals surface area contributed by atoms with E-state index in [1.54, 1.807) is 0 Å². The average Bonchev–Trinajstić information content (AvgIpc) is 3.21. The van der Waals surface area contributed by atoms with E-state index in [2.05, 4.69) is 33.6 Å². The summed E-state index contributed by atoms with van der Waals surface area (Å²) >= 11 is 0. The van der Waals surface area contributed by atoms with Crippen molar-refractivity contribution in [3.05, 3.63) is 79.4 Å². The van der Waals surface area contributed by atoms with Crippen LogP contribution in [-0.2, 0) is 0 Å². The van der Waals surface area contributed by atoms with Crippen molar-refractivity contribution in [1.82, 2.24) is 19.6 Å². The molecule has 5 aromatic rings. The van der Waals surface area contributed by atoms with Crippen LogP contribution in [0.3, 0.4) is 0 Å². The van der Waals surface area contributed by atoms with E-state index in [9.17, 15) is 0 Å². The molecule has 6 heteroatoms. The maximum absolute atomic E-state index is 5.54. The smallest absolute Gasteiger partial charge is 0.162 e. The van der Waals surface area contributed by atoms with Crippen LogP contribution in [-0.4, -0.2) is 32.7 Å². The van der Waals surface area contributed by atoms with Crippen LogP contribution in [0.4, 0.5) is 5.69 Å². The number of anilines is 1. The van der Waals surface area contributed by atoms with E-state index in [0.717, 1.165) is 51.0 Å². The van der Waals surface area contributed by atoms with E-state index in [-0.39, 0.29) is 0 Å². The van der Waals surface area contributed by atoms with Crippen LogP contribution in [0, 0.1) is 0 Å². The first-order valence-corrected chi connectivity index (χ1v) is 9.55. The Morgan fingerprint density at radius 2 is 1.72 bits per heavy atom. The molecule has 2 aromatic carbocycles. The molecule has 3 aromatic heterocycles. The zero-order valence-electron chi connectivity index (χ0n) is 15.8. The molecular weight excluding hydrogens is 360 g/mol. The molecule has 0 saturated carbocycles. The lowest BCUT2D eigenvalue weighted by Gasteiger charge is -2.07. The number of rotatable bonds is 5. The van der Waals surface area contributed by atoms with Crippen LogP contribution >= 0.6 is 0 Å². The van der Waals surface area contributed by atoms with Gasteiger partial charge < -0.3 is 11.1 Å². The van der Waals surface area contributed by atoms with E-state index in [4.69, 9.17) is 10.7 Å². The van der Waals surface area contributed by atoms with Crippen molar-refractivity contribution in [1.29, 1.82) is 0 Å². The fraction of sp³-hybridized carbons (Fsp3) is 0.0870. The van der Waals surface area contributed by atoms with Crippen LogP contribution in [0.5, 0.6) is 0 Å². The second kappa shape index (κ2) is 7.33. The molecule has 29 heavy (non-hydrogen) atoms. The highest BCUT2D eigenvalue weighted by Crippen LogP contribution is 2.30. The minimum atomic E-state index is 0.608. The van der Waals surface area contributed by atoms with Crippen molar-refractivity contribution >= 4 is 22.2 Å². The van der Waals surface area contributed by atoms with Gasteiger partial charge in [0.25, 0.3) is 0 Å². The number of hydrogen-bond donors (Lipinski definition) is 2. The maximum atomic E-state index is 5.54. The van der Waals surface area contributed by atoms with Crippen LogP contribution in [0.25, 0.3) is 38.8 Å². The second-order valence-electron chi connectivity index (χ2n) is 6.84. The Hall–Kier alpha value is -3.77. The molecule has 0 bridgehead atoms. The third kappa shape index (κ3) is 3.19. The van der Waals surface area contributed by atoms with Crippen LogP contribution in [0.2, 0.25) is 0 Å². The van der Waals surface area contributed by atoms with Crippen molar-refractivity contribution in [2.45, 2.75) is 0 Å². The summed E-state index contributed by atoms with van der Waals surface area (Å²) < 4.78 is 1.83. The van der Waals surface area contributed by atoms with E-state index in [1.165, 1.54) is 0 Å². The van der Waals surface area contributed by atoms with Gasteiger partial charge in [0.05, 0.1) is 11.7 Å². The highest BCUT2D eigenvalue weighted by molar-refractivity contribution is 5.97. The first-order valence-electron chi connectivity index (χ1n) is 9.55. The highest BCUT2D eigenvalue weighted by Gasteiger charge is 2.12. The fourth-order valence-corrected chi connectivity index (χ4v) is 3.54. The number of fused-ring (bicyclic) bond motifs is 2. The monoisotopic (exact) mass is 380 g/mol. The Morgan fingerprint density at radius 3 is 2.59 bits per heavy atom. The predicted molar refractivity (Wildman–Crippen MR) is 117 cm³/mol. The van der Waals surface area contributed by atoms with Crippen molar-refractivity contribution < 1.29 is 0 Å². The summed E-state index contributed by atoms with van der Waals surface area (Å²) in [6, 6.07) is 18.4. The SMILES string of the molecule is NCCNc1ccc(-c2cnc3c(-c4ccnc5ccccc45)cnn3c2)cc1. The Balaban J connectivity index is 1.53. The van der Waals surface area contributed by atoms with Gasteiger partial charge in [-0.3, -0.25) is 4.98 Å². The van der Waals surface area contributed by atoms with Gasteiger partial charge in [0, 0.05) is 53.9 Å². The van der Waals surface area contributed by atoms with Crippen molar-refractivity contribution in [3.8, 4) is 22.3 Å². The lowest BCUT2D eigenvalue weighted by molar-refractivity contribution is 0.941. The third-order valence-electron chi connectivity index (χ3n) is 4.99. The molecule has 0 aliphatic heterocycles. The summed E-state index contributed by atoms with van der Waals surface area (Å²) in [5, 5.41) is 8.92. The van der Waals surface area contributed by atoms with Gasteiger partial charge in [0.2, 0.25) is 0 Å². The molecule has 0 atom stereocenters. The maximum Gasteiger partial charge on any atom is 0.162 e. The number of aromatic nitrogens is 4. The van der Waals surface area contributed by atoms with Gasteiger partial charge in [0.1, 0.15) is 0 Å². The Kier molecular flexibility index (Phi) is 4.38. The summed E-state index contributed by atoms with van der Waals surface area (Å²) in [6.45, 7) is 1.36. The number of hydrogen-bond acceptors (Lipinski definition) is 5. The van der Waals surface area contributed by atoms with Gasteiger partial charge >= 0.3 is 0 Å². The largest absolute Gasteiger partial charge is 0.384 e. The summed E-state index contributed by atoms with van der Waals surface area (Å²) in [6.07, 6.45) is 7.60. The molecule has 5 rings (SSSR count). The number of nitrogens with two attached hydrogens (primary N) is 1. The molecule has 0 aliphatic carbocycles. The number of benzene rings is 2. The summed E-state index contributed by atoms with van der Waals surface area (Å²) in [5.41, 5.74) is 12.6. The number of nitrogens with one attached hydrogen (secondary N) is 1. The second-order valence-corrected chi connectivity index (χ2v) is 6.84. The molecule has 0 spiro atoms. The minimum absolute atomic E-state index is 0.608. The summed E-state index contributed by atoms with van der Waals surface area (Å²) in [4.78, 5) is 9.17. The standard InChI is InChI=1S/C23H20N6/c24-10-12-25-18-7-5-16(6-8-18)17-13-27-23-21(14-28-29(23)15-17)19-9-11-26-22-4-2-1-3-20(19)22/h1-9,11,13-15,25H,10,12,24H2. The number of pyridine rings is 1. The first-order chi connectivity index (χ1) is 14.3. The summed E-state index contributed by atoms with van der Waals surface area (Å²) in [5.74, 6) is 0. The number of nitrogens with zero attached hydrogens (tertiary/aromatic N) is 4. The first kappa shape index (κ1) is 17.3. The van der Waals surface area contributed by atoms with Crippen molar-refractivity contribution in [2.75, 3.05) is 18.4 Å². The van der Waals surface area contributed by atoms with Crippen molar-refractivity contribution in [2.24, 2.45) is 5.73 Å². The lowest BCUT2D eigenvalue weighted by atomic mass is 10.0. The third-order valence-corrected chi connectivity index (χ3v) is 4.99. The molecule has 0 fully saturated rings. The zero-order valence-corrected chi connectivity index (χ0v) is 15.8. The van der Waals surface area contributed by atoms with Crippen LogP contribution in [0.15, 0.2) is 79.4 Å². The normalized spacial score (nSPS) is 11.2. The van der Waals surface area contributed by atoms with Gasteiger partial charge in [-0.15, -0.1) is 0 Å². The topological polar surface area (TPSA) is 81.1 Å². The van der Waals surface area contributed by atoms with Crippen molar-refractivity contribution in [3.63, 3.8) is 0 Å². The van der Waals surface area contributed by atoms with Gasteiger partial charge in [-0.25, -0.2) is 9.50 Å². The molecule has 142 valence electrons. The predicted octanol–water partition coefficient (Wildman–Crippen LogP) is 3.98. The molecule has 3 N–H and O–H groups in total. The Labute approximate surface area is 168 Å². The zero-order chi connectivity index (χ0) is 19.6. The molecule has 0 amide bonds. The minimum Gasteiger partial charge on any atom is -0.384 e. The van der Waals surface area contributed by atoms with Gasteiger partial charge in [0.15, 0.2) is 5.65 Å². The van der Waals surface area contributed by atoms with Gasteiger partial charge in [-0.2, -0.15) is 5.10 Å². The van der Waals surface area contributed by atoms with E-state index < -0.39 is 0 Å².